The third-order valence-electron chi connectivity index (χ3n) is 7.40. The van der Waals surface area contributed by atoms with Gasteiger partial charge in [-0.05, 0) is 79.7 Å². The second-order valence-electron chi connectivity index (χ2n) is 10.8. The number of nitrogens with one attached hydrogen (secondary N) is 2. The first-order chi connectivity index (χ1) is 19.7. The number of pyridine rings is 1. The van der Waals surface area contributed by atoms with Gasteiger partial charge in [-0.15, -0.1) is 0 Å². The molecule has 2 atom stereocenters. The zero-order valence-corrected chi connectivity index (χ0v) is 23.4. The van der Waals surface area contributed by atoms with Crippen molar-refractivity contribution < 1.29 is 23.1 Å². The van der Waals surface area contributed by atoms with Gasteiger partial charge < -0.3 is 20.6 Å². The number of hydrogen-bond donors (Lipinski definition) is 3. The minimum absolute atomic E-state index is 0.162. The quantitative estimate of drug-likeness (QED) is 0.216. The van der Waals surface area contributed by atoms with Crippen molar-refractivity contribution in [1.82, 2.24) is 25.0 Å². The maximum absolute atomic E-state index is 15.0. The number of carbonyl (C=O) groups is 1. The summed E-state index contributed by atoms with van der Waals surface area (Å²) in [7, 11) is 22.5. The molecule has 2 aromatic heterocycles. The molecule has 3 aromatic rings. The molecule has 1 saturated heterocycles. The van der Waals surface area contributed by atoms with Crippen LogP contribution in [-0.4, -0.2) is 105 Å². The van der Waals surface area contributed by atoms with E-state index in [2.05, 4.69) is 20.7 Å². The first kappa shape index (κ1) is 31.7. The highest BCUT2D eigenvalue weighted by molar-refractivity contribution is 6.53. The maximum Gasteiger partial charge on any atom is 0.220 e. The highest BCUT2D eigenvalue weighted by Gasteiger charge is 2.42. The fraction of sp³-hybridized carbons (Fsp3) is 0.444. The highest BCUT2D eigenvalue weighted by atomic mass is 19.1. The van der Waals surface area contributed by atoms with E-state index in [1.165, 1.54) is 46.9 Å². The fourth-order valence-corrected chi connectivity index (χ4v) is 4.55. The second kappa shape index (κ2) is 12.6. The van der Waals surface area contributed by atoms with Crippen LogP contribution in [0.2, 0.25) is 0 Å². The number of nitrogens with zero attached hydrogens (tertiary/aromatic N) is 4. The number of piperidine rings is 1. The summed E-state index contributed by atoms with van der Waals surface area (Å²) in [6, 6.07) is 4.46. The average Bonchev–Trinajstić information content (AvgIpc) is 3.61. The number of benzene rings is 1. The lowest BCUT2D eigenvalue weighted by atomic mass is 9.39. The van der Waals surface area contributed by atoms with Gasteiger partial charge in [0, 0.05) is 29.9 Å². The topological polar surface area (TPSA) is 95.3 Å². The molecule has 3 heterocycles. The van der Waals surface area contributed by atoms with Gasteiger partial charge in [-0.1, -0.05) is 0 Å². The average molecular weight is 570 g/mol. The summed E-state index contributed by atoms with van der Waals surface area (Å²) in [6.07, 6.45) is 6.28. The zero-order valence-electron chi connectivity index (χ0n) is 23.4. The lowest BCUT2D eigenvalue weighted by Crippen LogP contribution is -2.69. The summed E-state index contributed by atoms with van der Waals surface area (Å²) in [5.74, 6) is -1.04. The predicted octanol–water partition coefficient (Wildman–Crippen LogP) is 1.52. The van der Waals surface area contributed by atoms with Gasteiger partial charge in [-0.2, -0.15) is 9.49 Å². The van der Waals surface area contributed by atoms with Gasteiger partial charge in [0.05, 0.1) is 61.2 Å². The van der Waals surface area contributed by atoms with Crippen molar-refractivity contribution in [1.29, 1.82) is 0 Å². The van der Waals surface area contributed by atoms with Crippen LogP contribution in [0.15, 0.2) is 36.8 Å². The SMILES string of the molecule is O=CNC1CC1.[B]C([B])(O)C([B])([B])N1CCC(Nc2cnc(F)c(-c3cnn(-c4cc(C)c(F)cc4C)c3)c2)C(F)C1. The van der Waals surface area contributed by atoms with Gasteiger partial charge >= 0.3 is 0 Å². The van der Waals surface area contributed by atoms with Crippen LogP contribution in [0.3, 0.4) is 0 Å². The van der Waals surface area contributed by atoms with E-state index in [0.717, 1.165) is 6.41 Å². The summed E-state index contributed by atoms with van der Waals surface area (Å²) in [5, 5.41) is 15.3. The molecule has 1 aliphatic heterocycles. The van der Waals surface area contributed by atoms with E-state index in [9.17, 15) is 23.1 Å². The van der Waals surface area contributed by atoms with E-state index in [1.54, 1.807) is 26.1 Å². The number of aryl methyl sites for hydroxylation is 2. The summed E-state index contributed by atoms with van der Waals surface area (Å²) in [4.78, 5) is 14.6. The molecule has 2 aliphatic rings. The molecule has 5 rings (SSSR count). The van der Waals surface area contributed by atoms with Crippen molar-refractivity contribution in [2.24, 2.45) is 0 Å². The van der Waals surface area contributed by atoms with Gasteiger partial charge in [0.1, 0.15) is 12.0 Å². The minimum atomic E-state index is -2.43. The van der Waals surface area contributed by atoms with Crippen LogP contribution < -0.4 is 10.6 Å². The smallest absolute Gasteiger partial charge is 0.220 e. The predicted molar refractivity (Wildman–Crippen MR) is 158 cm³/mol. The molecule has 0 spiro atoms. The Labute approximate surface area is 248 Å². The molecule has 212 valence electrons. The van der Waals surface area contributed by atoms with Gasteiger partial charge in [-0.25, -0.2) is 18.4 Å². The highest BCUT2D eigenvalue weighted by Crippen LogP contribution is 2.29. The molecule has 1 aromatic carbocycles. The molecule has 42 heavy (non-hydrogen) atoms. The van der Waals surface area contributed by atoms with Crippen LogP contribution in [0, 0.1) is 25.6 Å². The third kappa shape index (κ3) is 7.23. The van der Waals surface area contributed by atoms with Crippen LogP contribution in [-0.2, 0) is 4.79 Å². The van der Waals surface area contributed by atoms with Gasteiger partial charge in [0.15, 0.2) is 0 Å². The maximum atomic E-state index is 15.0. The number of carbonyl (C=O) groups excluding carboxylic acids is 1. The molecule has 1 aliphatic carbocycles. The molecule has 8 radical (unpaired) electrons. The van der Waals surface area contributed by atoms with Crippen LogP contribution in [0.25, 0.3) is 16.8 Å². The Morgan fingerprint density at radius 2 is 1.79 bits per heavy atom. The molecular weight excluding hydrogens is 541 g/mol. The molecule has 3 N–H and O–H groups in total. The Morgan fingerprint density at radius 1 is 1.07 bits per heavy atom. The van der Waals surface area contributed by atoms with Gasteiger partial charge in [0.25, 0.3) is 0 Å². The van der Waals surface area contributed by atoms with Crippen LogP contribution >= 0.6 is 0 Å². The Morgan fingerprint density at radius 3 is 2.38 bits per heavy atom. The van der Waals surface area contributed by atoms with E-state index in [1.807, 2.05) is 0 Å². The number of aromatic nitrogens is 3. The third-order valence-corrected chi connectivity index (χ3v) is 7.40. The zero-order chi connectivity index (χ0) is 30.8. The molecule has 1 saturated carbocycles. The first-order valence-electron chi connectivity index (χ1n) is 13.4. The standard InChI is InChI=1S/C23H22B4F3N5O.C4H7NO/c1-12-6-20(13(2)5-17(12)28)35-10-14(8-32-35)16-7-15(9-31-21(16)30)33-19-3-4-34(11-18(19)29)22(24,25)23(26,27)36;6-3-5-4-1-2-4/h5-10,18-19,33,36H,3-4,11H2,1-2H3;3-4H,1-2H2,(H,5,6). The number of alkyl halides is 1. The van der Waals surface area contributed by atoms with Gasteiger partial charge in [0.2, 0.25) is 12.4 Å². The van der Waals surface area contributed by atoms with E-state index < -0.39 is 28.9 Å². The monoisotopic (exact) mass is 570 g/mol. The number of aliphatic hydroxyl groups is 1. The molecule has 15 heteroatoms. The number of amides is 1. The van der Waals surface area contributed by atoms with E-state index >= 15 is 0 Å². The van der Waals surface area contributed by atoms with Crippen molar-refractivity contribution >= 4 is 43.5 Å². The van der Waals surface area contributed by atoms with Crippen molar-refractivity contribution in [3.63, 3.8) is 0 Å². The molecular formula is C27H29B4F3N6O2. The van der Waals surface area contributed by atoms with E-state index in [4.69, 9.17) is 31.4 Å². The Bertz CT molecular complexity index is 1420. The van der Waals surface area contributed by atoms with Crippen LogP contribution in [0.1, 0.15) is 30.4 Å². The largest absolute Gasteiger partial charge is 0.409 e. The first-order valence-corrected chi connectivity index (χ1v) is 13.4. The molecule has 1 amide bonds. The van der Waals surface area contributed by atoms with Gasteiger partial charge in [-0.3, -0.25) is 4.79 Å². The van der Waals surface area contributed by atoms with Crippen molar-refractivity contribution in [3.8, 4) is 16.8 Å². The van der Waals surface area contributed by atoms with Crippen molar-refractivity contribution in [2.75, 3.05) is 18.4 Å². The summed E-state index contributed by atoms with van der Waals surface area (Å²) in [5.41, 5.74) is 2.79. The number of anilines is 1. The fourth-order valence-electron chi connectivity index (χ4n) is 4.55. The Balaban J connectivity index is 0.000000600. The molecule has 8 nitrogen and oxygen atoms in total. The number of likely N-dealkylation sites (tertiary alicyclic amines) is 1. The van der Waals surface area contributed by atoms with Crippen LogP contribution in [0.5, 0.6) is 0 Å². The summed E-state index contributed by atoms with van der Waals surface area (Å²) in [6.45, 7) is 3.38. The molecule has 0 bridgehead atoms. The van der Waals surface area contributed by atoms with Crippen LogP contribution in [0.4, 0.5) is 18.9 Å². The van der Waals surface area contributed by atoms with E-state index in [0.29, 0.717) is 34.1 Å². The lowest BCUT2D eigenvalue weighted by Gasteiger charge is -2.52. The van der Waals surface area contributed by atoms with E-state index in [-0.39, 0.29) is 30.9 Å². The Hall–Kier alpha value is -3.18. The number of hydrogen-bond acceptors (Lipinski definition) is 6. The van der Waals surface area contributed by atoms with Crippen molar-refractivity contribution in [2.45, 2.75) is 62.1 Å². The molecule has 2 unspecified atom stereocenters. The normalized spacial score (nSPS) is 19.5. The Kier molecular flexibility index (Phi) is 9.52. The summed E-state index contributed by atoms with van der Waals surface area (Å²) >= 11 is 0. The molecule has 2 fully saturated rings. The second-order valence-corrected chi connectivity index (χ2v) is 10.8. The number of halogens is 3. The lowest BCUT2D eigenvalue weighted by molar-refractivity contribution is -0.109. The number of rotatable bonds is 8. The minimum Gasteiger partial charge on any atom is -0.409 e. The van der Waals surface area contributed by atoms with Crippen molar-refractivity contribution in [3.05, 3.63) is 59.7 Å². The summed E-state index contributed by atoms with van der Waals surface area (Å²) < 4.78 is 45.0.